The molecular formula is C17H21N5O. The summed E-state index contributed by atoms with van der Waals surface area (Å²) < 4.78 is 1.52. The Hall–Kier alpha value is -2.24. The summed E-state index contributed by atoms with van der Waals surface area (Å²) in [4.78, 5) is 12.7. The van der Waals surface area contributed by atoms with Crippen molar-refractivity contribution < 1.29 is 4.79 Å². The lowest BCUT2D eigenvalue weighted by atomic mass is 9.84. The number of tetrazole rings is 1. The van der Waals surface area contributed by atoms with E-state index in [1.54, 1.807) is 0 Å². The fourth-order valence-electron chi connectivity index (χ4n) is 4.43. The van der Waals surface area contributed by atoms with Gasteiger partial charge >= 0.3 is 0 Å². The molecule has 0 radical (unpaired) electrons. The van der Waals surface area contributed by atoms with Crippen molar-refractivity contribution in [2.24, 2.45) is 17.8 Å². The first kappa shape index (κ1) is 14.4. The second-order valence-corrected chi connectivity index (χ2v) is 6.87. The highest BCUT2D eigenvalue weighted by Gasteiger charge is 2.42. The lowest BCUT2D eigenvalue weighted by Crippen LogP contribution is -2.40. The predicted octanol–water partition coefficient (Wildman–Crippen LogP) is 2.22. The smallest absolute Gasteiger partial charge is 0.253 e. The van der Waals surface area contributed by atoms with Gasteiger partial charge in [-0.15, -0.1) is 5.10 Å². The standard InChI is InChI=1S/C17H21N5O/c1-11(15-9-12-6-7-13(15)8-12)19-17(23)14-4-2-3-5-16(14)22-10-18-20-21-22/h2-5,10-13,15H,6-9H2,1H3,(H,19,23)/t11-,12-,13-,15-/m0/s1. The average Bonchev–Trinajstić information content (AvgIpc) is 3.32. The average molecular weight is 311 g/mol. The third-order valence-electron chi connectivity index (χ3n) is 5.54. The number of carbonyl (C=O) groups excluding carboxylic acids is 1. The Morgan fingerprint density at radius 1 is 1.30 bits per heavy atom. The minimum Gasteiger partial charge on any atom is -0.349 e. The molecule has 1 heterocycles. The van der Waals surface area contributed by atoms with Crippen molar-refractivity contribution >= 4 is 5.91 Å². The first-order valence-corrected chi connectivity index (χ1v) is 8.35. The van der Waals surface area contributed by atoms with Crippen LogP contribution >= 0.6 is 0 Å². The number of hydrogen-bond donors (Lipinski definition) is 1. The van der Waals surface area contributed by atoms with Crippen molar-refractivity contribution in [2.45, 2.75) is 38.6 Å². The zero-order chi connectivity index (χ0) is 15.8. The molecule has 1 aromatic heterocycles. The summed E-state index contributed by atoms with van der Waals surface area (Å²) in [5.74, 6) is 2.26. The molecule has 4 rings (SSSR count). The molecule has 2 bridgehead atoms. The highest BCUT2D eigenvalue weighted by Crippen LogP contribution is 2.49. The second kappa shape index (κ2) is 5.76. The van der Waals surface area contributed by atoms with E-state index >= 15 is 0 Å². The van der Waals surface area contributed by atoms with Gasteiger partial charge in [-0.2, -0.15) is 4.68 Å². The first-order chi connectivity index (χ1) is 11.2. The van der Waals surface area contributed by atoms with Gasteiger partial charge in [-0.05, 0) is 66.5 Å². The van der Waals surface area contributed by atoms with Crippen molar-refractivity contribution in [2.75, 3.05) is 0 Å². The van der Waals surface area contributed by atoms with Gasteiger partial charge in [-0.25, -0.2) is 0 Å². The SMILES string of the molecule is C[C@H](NC(=O)c1ccccc1-n1cnnn1)[C@@H]1C[C@H]2CC[C@H]1C2. The van der Waals surface area contributed by atoms with Crippen molar-refractivity contribution in [3.05, 3.63) is 36.2 Å². The summed E-state index contributed by atoms with van der Waals surface area (Å²) in [5.41, 5.74) is 1.31. The van der Waals surface area contributed by atoms with E-state index in [1.165, 1.54) is 36.7 Å². The van der Waals surface area contributed by atoms with Crippen LogP contribution in [0, 0.1) is 17.8 Å². The summed E-state index contributed by atoms with van der Waals surface area (Å²) in [6, 6.07) is 7.63. The topological polar surface area (TPSA) is 72.7 Å². The molecule has 1 N–H and O–H groups in total. The molecule has 2 aromatic rings. The van der Waals surface area contributed by atoms with E-state index in [9.17, 15) is 4.79 Å². The van der Waals surface area contributed by atoms with Crippen LogP contribution < -0.4 is 5.32 Å². The number of hydrogen-bond acceptors (Lipinski definition) is 4. The number of nitrogens with one attached hydrogen (secondary N) is 1. The van der Waals surface area contributed by atoms with Gasteiger partial charge in [0.25, 0.3) is 5.91 Å². The molecule has 4 atom stereocenters. The van der Waals surface area contributed by atoms with E-state index < -0.39 is 0 Å². The van der Waals surface area contributed by atoms with Crippen molar-refractivity contribution in [1.29, 1.82) is 0 Å². The molecule has 1 aromatic carbocycles. The van der Waals surface area contributed by atoms with E-state index in [2.05, 4.69) is 27.8 Å². The number of para-hydroxylation sites is 1. The molecule has 2 aliphatic rings. The van der Waals surface area contributed by atoms with Gasteiger partial charge in [0.15, 0.2) is 0 Å². The van der Waals surface area contributed by atoms with Gasteiger partial charge in [0.05, 0.1) is 11.3 Å². The molecule has 2 aliphatic carbocycles. The fourth-order valence-corrected chi connectivity index (χ4v) is 4.43. The molecule has 0 aliphatic heterocycles. The van der Waals surface area contributed by atoms with Crippen LogP contribution in [0.3, 0.4) is 0 Å². The van der Waals surface area contributed by atoms with Crippen LogP contribution in [-0.4, -0.2) is 32.2 Å². The number of nitrogens with zero attached hydrogens (tertiary/aromatic N) is 4. The lowest BCUT2D eigenvalue weighted by Gasteiger charge is -2.28. The summed E-state index contributed by atoms with van der Waals surface area (Å²) in [6.07, 6.45) is 6.83. The van der Waals surface area contributed by atoms with Crippen molar-refractivity contribution in [3.63, 3.8) is 0 Å². The fraction of sp³-hybridized carbons (Fsp3) is 0.529. The minimum absolute atomic E-state index is 0.0497. The van der Waals surface area contributed by atoms with E-state index in [0.717, 1.165) is 11.8 Å². The molecule has 1 amide bonds. The third-order valence-corrected chi connectivity index (χ3v) is 5.54. The molecular weight excluding hydrogens is 290 g/mol. The van der Waals surface area contributed by atoms with Crippen molar-refractivity contribution in [3.8, 4) is 5.69 Å². The second-order valence-electron chi connectivity index (χ2n) is 6.87. The van der Waals surface area contributed by atoms with Gasteiger partial charge in [0.2, 0.25) is 0 Å². The van der Waals surface area contributed by atoms with Gasteiger partial charge in [0.1, 0.15) is 6.33 Å². The maximum absolute atomic E-state index is 12.7. The third kappa shape index (κ3) is 2.62. The normalized spacial score (nSPS) is 27.1. The number of aromatic nitrogens is 4. The largest absolute Gasteiger partial charge is 0.349 e. The van der Waals surface area contributed by atoms with E-state index in [-0.39, 0.29) is 11.9 Å². The lowest BCUT2D eigenvalue weighted by molar-refractivity contribution is 0.0915. The molecule has 6 nitrogen and oxygen atoms in total. The molecule has 0 unspecified atom stereocenters. The molecule has 0 saturated heterocycles. The van der Waals surface area contributed by atoms with Gasteiger partial charge in [-0.3, -0.25) is 4.79 Å². The van der Waals surface area contributed by atoms with Crippen LogP contribution in [0.1, 0.15) is 43.0 Å². The first-order valence-electron chi connectivity index (χ1n) is 8.35. The van der Waals surface area contributed by atoms with Crippen LogP contribution in [0.2, 0.25) is 0 Å². The molecule has 2 saturated carbocycles. The number of carbonyl (C=O) groups is 1. The van der Waals surface area contributed by atoms with E-state index in [1.807, 2.05) is 24.3 Å². The van der Waals surface area contributed by atoms with Gasteiger partial charge in [0, 0.05) is 6.04 Å². The zero-order valence-corrected chi connectivity index (χ0v) is 13.2. The summed E-state index contributed by atoms with van der Waals surface area (Å²) in [7, 11) is 0. The van der Waals surface area contributed by atoms with Crippen LogP contribution in [-0.2, 0) is 0 Å². The van der Waals surface area contributed by atoms with Crippen molar-refractivity contribution in [1.82, 2.24) is 25.5 Å². The highest BCUT2D eigenvalue weighted by atomic mass is 16.1. The maximum atomic E-state index is 12.7. The molecule has 120 valence electrons. The molecule has 2 fully saturated rings. The summed E-state index contributed by atoms with van der Waals surface area (Å²) in [5, 5.41) is 14.4. The van der Waals surface area contributed by atoms with Crippen LogP contribution in [0.15, 0.2) is 30.6 Å². The van der Waals surface area contributed by atoms with Gasteiger partial charge < -0.3 is 5.32 Å². The van der Waals surface area contributed by atoms with E-state index in [4.69, 9.17) is 0 Å². The minimum atomic E-state index is -0.0497. The Kier molecular flexibility index (Phi) is 3.59. The summed E-state index contributed by atoms with van der Waals surface area (Å²) >= 11 is 0. The number of amides is 1. The Bertz CT molecular complexity index is 699. The Morgan fingerprint density at radius 3 is 2.87 bits per heavy atom. The molecule has 6 heteroatoms. The quantitative estimate of drug-likeness (QED) is 0.939. The zero-order valence-electron chi connectivity index (χ0n) is 13.2. The Balaban J connectivity index is 1.51. The molecule has 0 spiro atoms. The van der Waals surface area contributed by atoms with Crippen LogP contribution in [0.4, 0.5) is 0 Å². The van der Waals surface area contributed by atoms with Gasteiger partial charge in [-0.1, -0.05) is 18.6 Å². The monoisotopic (exact) mass is 311 g/mol. The Morgan fingerprint density at radius 2 is 2.17 bits per heavy atom. The van der Waals surface area contributed by atoms with Crippen LogP contribution in [0.5, 0.6) is 0 Å². The molecule has 23 heavy (non-hydrogen) atoms. The Labute approximate surface area is 135 Å². The van der Waals surface area contributed by atoms with E-state index in [0.29, 0.717) is 17.2 Å². The number of rotatable bonds is 4. The highest BCUT2D eigenvalue weighted by molar-refractivity contribution is 5.97. The predicted molar refractivity (Wildman–Crippen MR) is 85.0 cm³/mol. The number of benzene rings is 1. The number of fused-ring (bicyclic) bond motifs is 2. The maximum Gasteiger partial charge on any atom is 0.253 e. The van der Waals surface area contributed by atoms with Crippen LogP contribution in [0.25, 0.3) is 5.69 Å². The summed E-state index contributed by atoms with van der Waals surface area (Å²) in [6.45, 7) is 2.14.